The van der Waals surface area contributed by atoms with Crippen molar-refractivity contribution in [2.75, 3.05) is 10.6 Å². The lowest BCUT2D eigenvalue weighted by Gasteiger charge is -2.15. The van der Waals surface area contributed by atoms with Crippen molar-refractivity contribution in [1.82, 2.24) is 0 Å². The maximum atomic E-state index is 5.02. The summed E-state index contributed by atoms with van der Waals surface area (Å²) in [6.07, 6.45) is 4.27. The van der Waals surface area contributed by atoms with E-state index in [1.807, 2.05) is 72.8 Å². The van der Waals surface area contributed by atoms with Gasteiger partial charge in [-0.2, -0.15) is 0 Å². The average Bonchev–Trinajstić information content (AvgIpc) is 3.35. The van der Waals surface area contributed by atoms with Gasteiger partial charge in [-0.25, -0.2) is 9.98 Å². The van der Waals surface area contributed by atoms with E-state index in [0.29, 0.717) is 0 Å². The van der Waals surface area contributed by atoms with Crippen LogP contribution in [-0.2, 0) is 0 Å². The molecule has 4 heteroatoms. The van der Waals surface area contributed by atoms with Gasteiger partial charge in [0.25, 0.3) is 0 Å². The quantitative estimate of drug-likeness (QED) is 0.252. The Morgan fingerprint density at radius 2 is 0.775 bits per heavy atom. The summed E-state index contributed by atoms with van der Waals surface area (Å²) in [5, 5.41) is 7.30. The van der Waals surface area contributed by atoms with Crippen LogP contribution in [0.2, 0.25) is 0 Å². The number of allylic oxidation sites excluding steroid dienone is 2. The summed E-state index contributed by atoms with van der Waals surface area (Å²) in [5.41, 5.74) is 11.9. The molecule has 0 fully saturated rings. The highest BCUT2D eigenvalue weighted by Gasteiger charge is 2.17. The summed E-state index contributed by atoms with van der Waals surface area (Å²) in [6, 6.07) is 45.5. The third kappa shape index (κ3) is 4.74. The van der Waals surface area contributed by atoms with Crippen LogP contribution in [0.1, 0.15) is 22.3 Å². The minimum atomic E-state index is 0.914. The molecular formula is C36H26N4. The minimum Gasteiger partial charge on any atom is -0.353 e. The Kier molecular flexibility index (Phi) is 6.11. The van der Waals surface area contributed by atoms with Crippen molar-refractivity contribution in [3.05, 3.63) is 168 Å². The molecule has 0 unspecified atom stereocenters. The van der Waals surface area contributed by atoms with E-state index in [4.69, 9.17) is 9.98 Å². The van der Waals surface area contributed by atoms with Crippen molar-refractivity contribution in [2.45, 2.75) is 0 Å². The van der Waals surface area contributed by atoms with Gasteiger partial charge in [0.2, 0.25) is 0 Å². The zero-order chi connectivity index (χ0) is 26.7. The molecule has 2 heterocycles. The van der Waals surface area contributed by atoms with Gasteiger partial charge in [-0.05, 0) is 53.6 Å². The van der Waals surface area contributed by atoms with Crippen LogP contribution < -0.4 is 10.6 Å². The molecule has 190 valence electrons. The summed E-state index contributed by atoms with van der Waals surface area (Å²) in [6.45, 7) is 0. The van der Waals surface area contributed by atoms with Crippen molar-refractivity contribution in [3.63, 3.8) is 0 Å². The van der Waals surface area contributed by atoms with E-state index in [0.717, 1.165) is 67.8 Å². The Bertz CT molecular complexity index is 1700. The number of hydrogen-bond donors (Lipinski definition) is 2. The zero-order valence-corrected chi connectivity index (χ0v) is 21.8. The highest BCUT2D eigenvalue weighted by Crippen LogP contribution is 2.35. The zero-order valence-electron chi connectivity index (χ0n) is 21.8. The van der Waals surface area contributed by atoms with E-state index < -0.39 is 0 Å². The molecule has 2 aliphatic heterocycles. The standard InChI is InChI=1S/C36H26N4/c1-3-12-25(13-4-1)33-23-35(39-31-20-9-7-18-29(31)37-33)27-16-11-17-28(22-27)36-24-34(26-14-5-2-6-15-26)38-30-19-8-10-21-32(30)40-36/h1-24,39-40H. The Balaban J connectivity index is 1.33. The van der Waals surface area contributed by atoms with Gasteiger partial charge < -0.3 is 10.6 Å². The molecule has 0 saturated heterocycles. The van der Waals surface area contributed by atoms with Crippen LogP contribution >= 0.6 is 0 Å². The van der Waals surface area contributed by atoms with Gasteiger partial charge >= 0.3 is 0 Å². The van der Waals surface area contributed by atoms with Gasteiger partial charge in [0, 0.05) is 22.5 Å². The Morgan fingerprint density at radius 1 is 0.375 bits per heavy atom. The molecule has 40 heavy (non-hydrogen) atoms. The van der Waals surface area contributed by atoms with Crippen molar-refractivity contribution < 1.29 is 0 Å². The molecule has 7 rings (SSSR count). The van der Waals surface area contributed by atoms with E-state index in [1.165, 1.54) is 0 Å². The maximum Gasteiger partial charge on any atom is 0.0871 e. The number of benzene rings is 5. The number of nitrogens with one attached hydrogen (secondary N) is 2. The van der Waals surface area contributed by atoms with Crippen molar-refractivity contribution in [1.29, 1.82) is 0 Å². The summed E-state index contributed by atoms with van der Waals surface area (Å²) in [7, 11) is 0. The molecule has 0 radical (unpaired) electrons. The Labute approximate surface area is 233 Å². The number of hydrogen-bond acceptors (Lipinski definition) is 4. The maximum absolute atomic E-state index is 5.02. The summed E-state index contributed by atoms with van der Waals surface area (Å²) in [5.74, 6) is 0. The fraction of sp³-hybridized carbons (Fsp3) is 0. The van der Waals surface area contributed by atoms with E-state index >= 15 is 0 Å². The van der Waals surface area contributed by atoms with Gasteiger partial charge in [0.1, 0.15) is 0 Å². The molecule has 4 nitrogen and oxygen atoms in total. The molecule has 2 N–H and O–H groups in total. The van der Waals surface area contributed by atoms with E-state index in [9.17, 15) is 0 Å². The van der Waals surface area contributed by atoms with E-state index in [1.54, 1.807) is 0 Å². The van der Waals surface area contributed by atoms with Crippen LogP contribution in [0.3, 0.4) is 0 Å². The largest absolute Gasteiger partial charge is 0.353 e. The monoisotopic (exact) mass is 514 g/mol. The smallest absolute Gasteiger partial charge is 0.0871 e. The summed E-state index contributed by atoms with van der Waals surface area (Å²) in [4.78, 5) is 10.0. The molecule has 2 aliphatic rings. The highest BCUT2D eigenvalue weighted by molar-refractivity contribution is 6.17. The molecule has 0 bridgehead atoms. The number of anilines is 2. The van der Waals surface area contributed by atoms with E-state index in [-0.39, 0.29) is 0 Å². The van der Waals surface area contributed by atoms with Gasteiger partial charge in [0.05, 0.1) is 34.2 Å². The summed E-state index contributed by atoms with van der Waals surface area (Å²) >= 11 is 0. The van der Waals surface area contributed by atoms with Crippen LogP contribution in [0.15, 0.2) is 156 Å². The second-order valence-corrected chi connectivity index (χ2v) is 9.71. The first-order valence-corrected chi connectivity index (χ1v) is 13.3. The molecule has 0 aromatic heterocycles. The molecule has 5 aromatic carbocycles. The first kappa shape index (κ1) is 23.6. The molecular weight excluding hydrogens is 488 g/mol. The normalized spacial score (nSPS) is 14.0. The average molecular weight is 515 g/mol. The summed E-state index contributed by atoms with van der Waals surface area (Å²) < 4.78 is 0. The highest BCUT2D eigenvalue weighted by atomic mass is 15.0. The molecule has 0 atom stereocenters. The number of fused-ring (bicyclic) bond motifs is 2. The predicted octanol–water partition coefficient (Wildman–Crippen LogP) is 8.86. The lowest BCUT2D eigenvalue weighted by Crippen LogP contribution is -2.04. The fourth-order valence-corrected chi connectivity index (χ4v) is 4.99. The second kappa shape index (κ2) is 10.4. The molecule has 0 amide bonds. The van der Waals surface area contributed by atoms with Crippen molar-refractivity contribution >= 4 is 45.6 Å². The lowest BCUT2D eigenvalue weighted by atomic mass is 10.0. The number of nitrogens with zero attached hydrogens (tertiary/aromatic N) is 2. The van der Waals surface area contributed by atoms with Gasteiger partial charge in [-0.15, -0.1) is 0 Å². The molecule has 0 spiro atoms. The Hall–Kier alpha value is -5.48. The SMILES string of the molecule is C1=C(c2cccc(C3=CC(c4ccccc4)=Nc4ccccc4N3)c2)Nc2ccccc2N=C1c1ccccc1. The lowest BCUT2D eigenvalue weighted by molar-refractivity contribution is 1.47. The number of rotatable bonds is 4. The van der Waals surface area contributed by atoms with Gasteiger partial charge in [-0.3, -0.25) is 0 Å². The van der Waals surface area contributed by atoms with Crippen LogP contribution in [0, 0.1) is 0 Å². The third-order valence-corrected chi connectivity index (χ3v) is 7.01. The minimum absolute atomic E-state index is 0.914. The number of aliphatic imine (C=N–C) groups is 2. The van der Waals surface area contributed by atoms with Crippen LogP contribution in [0.25, 0.3) is 11.4 Å². The van der Waals surface area contributed by atoms with Crippen LogP contribution in [-0.4, -0.2) is 11.4 Å². The van der Waals surface area contributed by atoms with Gasteiger partial charge in [-0.1, -0.05) is 103 Å². The predicted molar refractivity (Wildman–Crippen MR) is 168 cm³/mol. The third-order valence-electron chi connectivity index (χ3n) is 7.01. The topological polar surface area (TPSA) is 48.8 Å². The van der Waals surface area contributed by atoms with Crippen molar-refractivity contribution in [3.8, 4) is 0 Å². The Morgan fingerprint density at radius 3 is 1.25 bits per heavy atom. The van der Waals surface area contributed by atoms with E-state index in [2.05, 4.69) is 83.4 Å². The second-order valence-electron chi connectivity index (χ2n) is 9.71. The fourth-order valence-electron chi connectivity index (χ4n) is 4.99. The molecule has 5 aromatic rings. The van der Waals surface area contributed by atoms with Crippen LogP contribution in [0.4, 0.5) is 22.7 Å². The first-order chi connectivity index (χ1) is 19.8. The first-order valence-electron chi connectivity index (χ1n) is 13.3. The number of para-hydroxylation sites is 4. The molecule has 0 aliphatic carbocycles. The van der Waals surface area contributed by atoms with Crippen LogP contribution in [0.5, 0.6) is 0 Å². The van der Waals surface area contributed by atoms with Crippen molar-refractivity contribution in [2.24, 2.45) is 9.98 Å². The molecule has 0 saturated carbocycles. The van der Waals surface area contributed by atoms with Gasteiger partial charge in [0.15, 0.2) is 0 Å².